The molecule has 3 nitrogen and oxygen atoms in total. The van der Waals surface area contributed by atoms with Gasteiger partial charge in [-0.05, 0) is 12.1 Å². The van der Waals surface area contributed by atoms with Crippen LogP contribution in [0.2, 0.25) is 0 Å². The summed E-state index contributed by atoms with van der Waals surface area (Å²) in [6.07, 6.45) is 6.92. The van der Waals surface area contributed by atoms with Gasteiger partial charge in [-0.25, -0.2) is 0 Å². The molecule has 76 valence electrons. The Kier molecular flexibility index (Phi) is 2.78. The molecular weight excluding hydrogens is 212 g/mol. The minimum atomic E-state index is 0.239. The second-order valence-corrected chi connectivity index (χ2v) is 3.46. The fourth-order valence-corrected chi connectivity index (χ4v) is 1.38. The molecule has 0 saturated carbocycles. The molecule has 0 atom stereocenters. The Labute approximate surface area is 92.0 Å². The van der Waals surface area contributed by atoms with Gasteiger partial charge in [-0.1, -0.05) is 24.4 Å². The normalized spacial score (nSPS) is 14.9. The van der Waals surface area contributed by atoms with Gasteiger partial charge in [0.05, 0.1) is 4.86 Å². The van der Waals surface area contributed by atoms with Crippen molar-refractivity contribution < 1.29 is 13.9 Å². The van der Waals surface area contributed by atoms with Crippen molar-refractivity contribution in [3.63, 3.8) is 0 Å². The van der Waals surface area contributed by atoms with Crippen LogP contribution >= 0.6 is 12.2 Å². The SMILES string of the molecule is O=Cc1ccc(OC2=CC=CCC2=S)o1. The van der Waals surface area contributed by atoms with Gasteiger partial charge >= 0.3 is 0 Å². The molecule has 0 N–H and O–H groups in total. The van der Waals surface area contributed by atoms with Crippen LogP contribution in [0.15, 0.2) is 40.5 Å². The summed E-state index contributed by atoms with van der Waals surface area (Å²) in [5.41, 5.74) is 0. The maximum Gasteiger partial charge on any atom is 0.290 e. The van der Waals surface area contributed by atoms with Crippen LogP contribution in [-0.4, -0.2) is 11.2 Å². The zero-order valence-electron chi connectivity index (χ0n) is 7.80. The smallest absolute Gasteiger partial charge is 0.290 e. The minimum Gasteiger partial charge on any atom is -0.425 e. The summed E-state index contributed by atoms with van der Waals surface area (Å²) in [5, 5.41) is 0. The third kappa shape index (κ3) is 2.22. The fraction of sp³-hybridized carbons (Fsp3) is 0.0909. The lowest BCUT2D eigenvalue weighted by atomic mass is 10.1. The molecular formula is C11H8O3S. The van der Waals surface area contributed by atoms with E-state index in [4.69, 9.17) is 21.4 Å². The Balaban J connectivity index is 2.14. The predicted octanol–water partition coefficient (Wildman–Crippen LogP) is 2.68. The summed E-state index contributed by atoms with van der Waals surface area (Å²) in [4.78, 5) is 11.1. The van der Waals surface area contributed by atoms with E-state index in [1.54, 1.807) is 18.2 Å². The van der Waals surface area contributed by atoms with E-state index in [1.165, 1.54) is 0 Å². The molecule has 1 aliphatic rings. The first-order valence-electron chi connectivity index (χ1n) is 4.42. The molecule has 0 spiro atoms. The van der Waals surface area contributed by atoms with Gasteiger partial charge in [-0.2, -0.15) is 0 Å². The van der Waals surface area contributed by atoms with E-state index in [0.717, 1.165) is 4.86 Å². The number of carbonyl (C=O) groups excluding carboxylic acids is 1. The number of carbonyl (C=O) groups is 1. The average molecular weight is 220 g/mol. The molecule has 0 saturated heterocycles. The minimum absolute atomic E-state index is 0.239. The summed E-state index contributed by atoms with van der Waals surface area (Å²) in [6, 6.07) is 3.14. The second kappa shape index (κ2) is 4.23. The van der Waals surface area contributed by atoms with E-state index in [9.17, 15) is 4.79 Å². The van der Waals surface area contributed by atoms with Crippen LogP contribution in [0.3, 0.4) is 0 Å². The van der Waals surface area contributed by atoms with Crippen LogP contribution in [0, 0.1) is 0 Å². The summed E-state index contributed by atoms with van der Waals surface area (Å²) >= 11 is 5.11. The number of furan rings is 1. The third-order valence-corrected chi connectivity index (χ3v) is 2.26. The first-order valence-corrected chi connectivity index (χ1v) is 4.83. The third-order valence-electron chi connectivity index (χ3n) is 1.89. The molecule has 0 amide bonds. The van der Waals surface area contributed by atoms with E-state index < -0.39 is 0 Å². The summed E-state index contributed by atoms with van der Waals surface area (Å²) in [6.45, 7) is 0. The molecule has 1 aromatic rings. The van der Waals surface area contributed by atoms with Crippen molar-refractivity contribution in [3.8, 4) is 5.95 Å². The number of hydrogen-bond acceptors (Lipinski definition) is 4. The average Bonchev–Trinajstić information content (AvgIpc) is 2.69. The fourth-order valence-electron chi connectivity index (χ4n) is 1.18. The molecule has 1 heterocycles. The van der Waals surface area contributed by atoms with Crippen LogP contribution in [0.1, 0.15) is 17.0 Å². The molecule has 0 aromatic carbocycles. The molecule has 0 aliphatic heterocycles. The molecule has 1 aliphatic carbocycles. The largest absolute Gasteiger partial charge is 0.425 e. The van der Waals surface area contributed by atoms with Gasteiger partial charge in [0.15, 0.2) is 12.0 Å². The number of rotatable bonds is 3. The number of thiocarbonyl (C=S) groups is 1. The molecule has 15 heavy (non-hydrogen) atoms. The standard InChI is InChI=1S/C11H8O3S/c12-7-8-5-6-11(13-8)14-9-3-1-2-4-10(9)15/h1-3,5-7H,4H2. The second-order valence-electron chi connectivity index (χ2n) is 2.96. The summed E-state index contributed by atoms with van der Waals surface area (Å²) in [7, 11) is 0. The van der Waals surface area contributed by atoms with Crippen molar-refractivity contribution in [2.45, 2.75) is 6.42 Å². The van der Waals surface area contributed by atoms with Gasteiger partial charge < -0.3 is 9.15 Å². The van der Waals surface area contributed by atoms with Crippen LogP contribution in [-0.2, 0) is 0 Å². The van der Waals surface area contributed by atoms with Gasteiger partial charge in [0.1, 0.15) is 5.76 Å². The van der Waals surface area contributed by atoms with Crippen molar-refractivity contribution in [3.05, 3.63) is 41.9 Å². The van der Waals surface area contributed by atoms with Gasteiger partial charge in [0.25, 0.3) is 5.95 Å². The number of allylic oxidation sites excluding steroid dienone is 4. The highest BCUT2D eigenvalue weighted by atomic mass is 32.1. The molecule has 0 fully saturated rings. The van der Waals surface area contributed by atoms with Crippen LogP contribution < -0.4 is 4.74 Å². The Morgan fingerprint density at radius 3 is 3.00 bits per heavy atom. The number of aldehydes is 1. The molecule has 0 bridgehead atoms. The van der Waals surface area contributed by atoms with Gasteiger partial charge in [0.2, 0.25) is 0 Å². The highest BCUT2D eigenvalue weighted by Gasteiger charge is 2.11. The van der Waals surface area contributed by atoms with Crippen molar-refractivity contribution in [1.29, 1.82) is 0 Å². The highest BCUT2D eigenvalue weighted by molar-refractivity contribution is 7.80. The highest BCUT2D eigenvalue weighted by Crippen LogP contribution is 2.20. The molecule has 0 radical (unpaired) electrons. The lowest BCUT2D eigenvalue weighted by molar-refractivity contribution is 0.109. The number of ether oxygens (including phenoxy) is 1. The first-order chi connectivity index (χ1) is 7.29. The van der Waals surface area contributed by atoms with E-state index in [1.807, 2.05) is 12.2 Å². The van der Waals surface area contributed by atoms with E-state index in [0.29, 0.717) is 18.5 Å². The van der Waals surface area contributed by atoms with E-state index in [-0.39, 0.29) is 11.7 Å². The molecule has 0 unspecified atom stereocenters. The van der Waals surface area contributed by atoms with E-state index in [2.05, 4.69) is 0 Å². The maximum absolute atomic E-state index is 10.4. The Morgan fingerprint density at radius 2 is 2.33 bits per heavy atom. The summed E-state index contributed by atoms with van der Waals surface area (Å²) < 4.78 is 10.5. The van der Waals surface area contributed by atoms with Crippen molar-refractivity contribution in [1.82, 2.24) is 0 Å². The molecule has 2 rings (SSSR count). The van der Waals surface area contributed by atoms with Crippen LogP contribution in [0.4, 0.5) is 0 Å². The maximum atomic E-state index is 10.4. The van der Waals surface area contributed by atoms with E-state index >= 15 is 0 Å². The zero-order chi connectivity index (χ0) is 10.7. The molecule has 4 heteroatoms. The monoisotopic (exact) mass is 220 g/mol. The quantitative estimate of drug-likeness (QED) is 0.580. The van der Waals surface area contributed by atoms with Crippen molar-refractivity contribution in [2.75, 3.05) is 0 Å². The summed E-state index contributed by atoms with van der Waals surface area (Å²) in [5.74, 6) is 1.11. The lowest BCUT2D eigenvalue weighted by Gasteiger charge is -2.09. The Hall–Kier alpha value is -1.68. The van der Waals surface area contributed by atoms with Crippen molar-refractivity contribution >= 4 is 23.4 Å². The Bertz CT molecular complexity index is 454. The first kappa shape index (κ1) is 9.86. The van der Waals surface area contributed by atoms with Crippen LogP contribution in [0.5, 0.6) is 5.95 Å². The molecule has 1 aromatic heterocycles. The van der Waals surface area contributed by atoms with Gasteiger partial charge in [0, 0.05) is 12.5 Å². The topological polar surface area (TPSA) is 39.4 Å². The van der Waals surface area contributed by atoms with Gasteiger partial charge in [-0.15, -0.1) is 0 Å². The van der Waals surface area contributed by atoms with Crippen LogP contribution in [0.25, 0.3) is 0 Å². The predicted molar refractivity (Wildman–Crippen MR) is 59.2 cm³/mol. The zero-order valence-corrected chi connectivity index (χ0v) is 8.62. The lowest BCUT2D eigenvalue weighted by Crippen LogP contribution is -2.07. The number of hydrogen-bond donors (Lipinski definition) is 0. The van der Waals surface area contributed by atoms with Crippen molar-refractivity contribution in [2.24, 2.45) is 0 Å². The Morgan fingerprint density at radius 1 is 1.47 bits per heavy atom. The van der Waals surface area contributed by atoms with Gasteiger partial charge in [-0.3, -0.25) is 4.79 Å².